The summed E-state index contributed by atoms with van der Waals surface area (Å²) < 4.78 is 1.58. The maximum atomic E-state index is 13.0. The summed E-state index contributed by atoms with van der Waals surface area (Å²) in [6.45, 7) is 0. The van der Waals surface area contributed by atoms with E-state index in [0.29, 0.717) is 15.9 Å². The van der Waals surface area contributed by atoms with E-state index in [1.54, 1.807) is 24.2 Å². The van der Waals surface area contributed by atoms with E-state index in [-0.39, 0.29) is 5.91 Å². The molecule has 0 aliphatic carbocycles. The summed E-state index contributed by atoms with van der Waals surface area (Å²) in [6.07, 6.45) is 1.68. The van der Waals surface area contributed by atoms with Gasteiger partial charge in [-0.1, -0.05) is 0 Å². The van der Waals surface area contributed by atoms with Gasteiger partial charge in [0.2, 0.25) is 0 Å². The molecule has 2 aromatic rings. The third kappa shape index (κ3) is 2.13. The first-order valence-electron chi connectivity index (χ1n) is 6.47. The van der Waals surface area contributed by atoms with Gasteiger partial charge in [0.15, 0.2) is 0 Å². The fourth-order valence-electron chi connectivity index (χ4n) is 2.57. The van der Waals surface area contributed by atoms with Crippen LogP contribution in [-0.2, 0) is 10.3 Å². The van der Waals surface area contributed by atoms with Crippen LogP contribution in [0.2, 0.25) is 0 Å². The van der Waals surface area contributed by atoms with Gasteiger partial charge < -0.3 is 0 Å². The molecule has 1 aromatic carbocycles. The van der Waals surface area contributed by atoms with Crippen molar-refractivity contribution in [1.29, 1.82) is 5.26 Å². The molecule has 5 nitrogen and oxygen atoms in total. The van der Waals surface area contributed by atoms with Crippen LogP contribution in [0.5, 0.6) is 0 Å². The molecule has 0 fully saturated rings. The molecule has 1 aromatic heterocycles. The molecule has 110 valence electrons. The van der Waals surface area contributed by atoms with Crippen LogP contribution in [0.25, 0.3) is 0 Å². The van der Waals surface area contributed by atoms with Crippen molar-refractivity contribution < 1.29 is 4.79 Å². The molecule has 0 saturated heterocycles. The van der Waals surface area contributed by atoms with Gasteiger partial charge >= 0.3 is 145 Å². The summed E-state index contributed by atoms with van der Waals surface area (Å²) in [5.41, 5.74) is 0.724. The molecule has 3 rings (SSSR count). The van der Waals surface area contributed by atoms with Crippen molar-refractivity contribution in [3.05, 3.63) is 57.8 Å². The zero-order valence-electron chi connectivity index (χ0n) is 11.7. The number of aromatic amines is 1. The Morgan fingerprint density at radius 2 is 2.18 bits per heavy atom. The summed E-state index contributed by atoms with van der Waals surface area (Å²) in [5, 5.41) is 9.05. The number of benzene rings is 1. The molecular weight excluding hydrogens is 407 g/mol. The average molecular weight is 419 g/mol. The van der Waals surface area contributed by atoms with Gasteiger partial charge in [0, 0.05) is 0 Å². The SMILES string of the molecule is CN1C(=O)C(c2cccc(Br)c2)(c2c[nH]c(C#N)c2)N=C1[AsH2]. The van der Waals surface area contributed by atoms with Crippen molar-refractivity contribution in [3.8, 4) is 6.07 Å². The van der Waals surface area contributed by atoms with Gasteiger partial charge in [-0.15, -0.1) is 0 Å². The first-order chi connectivity index (χ1) is 10.5. The normalized spacial score (nSPS) is 20.9. The number of amides is 1. The standard InChI is InChI=1S/C15H12AsBrN4O/c1-21-13(22)15(20-14(21)16,9-3-2-4-11(17)5-9)10-6-12(7-18)19-8-10/h2-6,8,19H,16H2,1H3. The average Bonchev–Trinajstić information content (AvgIpc) is 3.07. The first kappa shape index (κ1) is 15.1. The minimum atomic E-state index is -1.13. The molecule has 1 N–H and O–H groups in total. The number of carbonyl (C=O) groups excluding carboxylic acids is 1. The Bertz CT molecular complexity index is 838. The van der Waals surface area contributed by atoms with Crippen molar-refractivity contribution >= 4 is 43.3 Å². The number of aliphatic imine (C=N–C) groups is 1. The van der Waals surface area contributed by atoms with Crippen molar-refractivity contribution in [2.45, 2.75) is 5.54 Å². The number of hydrogen-bond donors (Lipinski definition) is 1. The topological polar surface area (TPSA) is 72.2 Å². The number of aromatic nitrogens is 1. The second kappa shape index (κ2) is 5.42. The Kier molecular flexibility index (Phi) is 3.71. The van der Waals surface area contributed by atoms with Gasteiger partial charge in [-0.3, -0.25) is 0 Å². The summed E-state index contributed by atoms with van der Waals surface area (Å²) in [5.74, 6) is -0.117. The van der Waals surface area contributed by atoms with E-state index in [4.69, 9.17) is 5.26 Å². The van der Waals surface area contributed by atoms with E-state index in [1.165, 1.54) is 16.9 Å². The Morgan fingerprint density at radius 1 is 1.41 bits per heavy atom. The van der Waals surface area contributed by atoms with E-state index < -0.39 is 5.54 Å². The van der Waals surface area contributed by atoms with Crippen LogP contribution < -0.4 is 0 Å². The zero-order chi connectivity index (χ0) is 15.9. The number of nitriles is 1. The molecule has 1 aliphatic rings. The van der Waals surface area contributed by atoms with E-state index in [9.17, 15) is 4.79 Å². The summed E-state index contributed by atoms with van der Waals surface area (Å²) in [7, 11) is 1.72. The third-order valence-corrected chi connectivity index (χ3v) is 5.28. The molecule has 7 heteroatoms. The molecule has 2 unspecified atom stereocenters. The second-order valence-electron chi connectivity index (χ2n) is 4.97. The quantitative estimate of drug-likeness (QED) is 0.747. The van der Waals surface area contributed by atoms with Gasteiger partial charge in [0.1, 0.15) is 0 Å². The second-order valence-corrected chi connectivity index (χ2v) is 6.97. The number of likely N-dealkylation sites (N-methyl/N-ethyl adjacent to an activating group) is 1. The number of rotatable bonds is 2. The van der Waals surface area contributed by atoms with Gasteiger partial charge in [-0.2, -0.15) is 0 Å². The first-order valence-corrected chi connectivity index (χ1v) is 8.48. The monoisotopic (exact) mass is 418 g/mol. The Balaban J connectivity index is 2.29. The fraction of sp³-hybridized carbons (Fsp3) is 0.133. The van der Waals surface area contributed by atoms with Crippen LogP contribution in [0.15, 0.2) is 46.0 Å². The van der Waals surface area contributed by atoms with Gasteiger partial charge in [0.25, 0.3) is 0 Å². The minimum absolute atomic E-state index is 0.117. The Morgan fingerprint density at radius 3 is 2.73 bits per heavy atom. The molecule has 1 aliphatic heterocycles. The van der Waals surface area contributed by atoms with Crippen LogP contribution in [0.4, 0.5) is 0 Å². The molecule has 0 spiro atoms. The molecule has 0 radical (unpaired) electrons. The number of amidine groups is 1. The Hall–Kier alpha value is -1.83. The maximum absolute atomic E-state index is 13.0. The van der Waals surface area contributed by atoms with Crippen molar-refractivity contribution in [2.75, 3.05) is 7.05 Å². The van der Waals surface area contributed by atoms with Crippen LogP contribution in [0.1, 0.15) is 16.8 Å². The molecule has 2 atom stereocenters. The van der Waals surface area contributed by atoms with E-state index in [1.807, 2.05) is 24.3 Å². The van der Waals surface area contributed by atoms with Crippen LogP contribution in [-0.4, -0.2) is 44.3 Å². The predicted octanol–water partition coefficient (Wildman–Crippen LogP) is 1.35. The van der Waals surface area contributed by atoms with E-state index in [0.717, 1.165) is 10.0 Å². The summed E-state index contributed by atoms with van der Waals surface area (Å²) in [6, 6.07) is 11.3. The zero-order valence-corrected chi connectivity index (χ0v) is 15.7. The molecule has 1 amide bonds. The molecule has 22 heavy (non-hydrogen) atoms. The number of halogens is 1. The summed E-state index contributed by atoms with van der Waals surface area (Å²) >= 11 is 4.74. The number of carbonyl (C=O) groups is 1. The molecule has 0 saturated carbocycles. The number of H-pyrrole nitrogens is 1. The van der Waals surface area contributed by atoms with Crippen LogP contribution in [0.3, 0.4) is 0 Å². The number of hydrogen-bond acceptors (Lipinski definition) is 3. The van der Waals surface area contributed by atoms with Gasteiger partial charge in [0.05, 0.1) is 0 Å². The third-order valence-electron chi connectivity index (χ3n) is 3.70. The van der Waals surface area contributed by atoms with Gasteiger partial charge in [-0.05, 0) is 0 Å². The number of nitrogens with zero attached hydrogens (tertiary/aromatic N) is 3. The molecular formula is C15H12AsBrN4O. The fourth-order valence-corrected chi connectivity index (χ4v) is 3.62. The van der Waals surface area contributed by atoms with E-state index in [2.05, 4.69) is 32.0 Å². The van der Waals surface area contributed by atoms with Crippen molar-refractivity contribution in [2.24, 2.45) is 4.99 Å². The van der Waals surface area contributed by atoms with Crippen molar-refractivity contribution in [1.82, 2.24) is 9.88 Å². The van der Waals surface area contributed by atoms with E-state index >= 15 is 0 Å². The molecule has 0 bridgehead atoms. The number of nitrogens with one attached hydrogen (secondary N) is 1. The van der Waals surface area contributed by atoms with Crippen LogP contribution in [0, 0.1) is 11.3 Å². The predicted molar refractivity (Wildman–Crippen MR) is 89.2 cm³/mol. The van der Waals surface area contributed by atoms with Gasteiger partial charge in [-0.25, -0.2) is 0 Å². The molecule has 2 heterocycles. The van der Waals surface area contributed by atoms with Crippen LogP contribution >= 0.6 is 15.9 Å². The summed E-state index contributed by atoms with van der Waals surface area (Å²) in [4.78, 5) is 22.1. The Labute approximate surface area is 144 Å². The van der Waals surface area contributed by atoms with Crippen molar-refractivity contribution in [3.63, 3.8) is 0 Å².